The molecule has 5 rings (SSSR count). The zero-order chi connectivity index (χ0) is 35.2. The highest BCUT2D eigenvalue weighted by atomic mass is 16.8. The summed E-state index contributed by atoms with van der Waals surface area (Å²) < 4.78 is 49.5. The fourth-order valence-electron chi connectivity index (χ4n) is 6.09. The lowest BCUT2D eigenvalue weighted by Crippen LogP contribution is -2.65. The predicted octanol–water partition coefficient (Wildman–Crippen LogP) is -7.95. The van der Waals surface area contributed by atoms with Crippen LogP contribution in [0.5, 0.6) is 0 Å². The van der Waals surface area contributed by atoms with Crippen LogP contribution in [0.2, 0.25) is 0 Å². The molecule has 0 aromatic rings. The van der Waals surface area contributed by atoms with E-state index in [-0.39, 0.29) is 0 Å². The maximum absolute atomic E-state index is 11.0. The molecule has 5 aliphatic rings. The van der Waals surface area contributed by atoms with Crippen LogP contribution in [0, 0.1) is 0 Å². The quantitative estimate of drug-likeness (QED) is 0.111. The maximum atomic E-state index is 11.0. The Hall–Kier alpha value is -0.840. The Balaban J connectivity index is 1.22. The molecule has 0 aromatic carbocycles. The van der Waals surface area contributed by atoms with Gasteiger partial charge in [0.05, 0.1) is 32.0 Å². The summed E-state index contributed by atoms with van der Waals surface area (Å²) in [4.78, 5) is 0. The van der Waals surface area contributed by atoms with E-state index in [0.717, 1.165) is 0 Å². The highest BCUT2D eigenvalue weighted by Gasteiger charge is 2.53. The van der Waals surface area contributed by atoms with Gasteiger partial charge in [-0.05, 0) is 13.8 Å². The summed E-state index contributed by atoms with van der Waals surface area (Å²) in [6.07, 6.45) is -34.4. The second-order valence-corrected chi connectivity index (χ2v) is 12.6. The third-order valence-electron chi connectivity index (χ3n) is 9.05. The molecule has 21 nitrogen and oxygen atoms in total. The minimum atomic E-state index is -1.90. The van der Waals surface area contributed by atoms with Gasteiger partial charge < -0.3 is 104 Å². The van der Waals surface area contributed by atoms with Crippen molar-refractivity contribution >= 4 is 0 Å². The van der Waals surface area contributed by atoms with Crippen LogP contribution in [0.15, 0.2) is 0 Å². The third-order valence-corrected chi connectivity index (χ3v) is 9.05. The lowest BCUT2D eigenvalue weighted by atomic mass is 9.98. The first-order chi connectivity index (χ1) is 22.6. The van der Waals surface area contributed by atoms with Crippen molar-refractivity contribution in [3.8, 4) is 0 Å². The Labute approximate surface area is 273 Å². The normalized spacial score (nSPS) is 55.4. The van der Waals surface area contributed by atoms with Crippen molar-refractivity contribution in [3.63, 3.8) is 0 Å². The second-order valence-electron chi connectivity index (χ2n) is 12.6. The molecule has 22 atom stereocenters. The minimum Gasteiger partial charge on any atom is -0.388 e. The summed E-state index contributed by atoms with van der Waals surface area (Å²) in [5, 5.41) is 125. The van der Waals surface area contributed by atoms with Crippen LogP contribution in [0.25, 0.3) is 0 Å². The van der Waals surface area contributed by atoms with Crippen LogP contribution in [0.1, 0.15) is 13.8 Å². The van der Waals surface area contributed by atoms with Gasteiger partial charge in [-0.25, -0.2) is 0 Å². The van der Waals surface area contributed by atoms with Gasteiger partial charge in [0, 0.05) is 0 Å². The summed E-state index contributed by atoms with van der Waals surface area (Å²) in [5.74, 6) is 0. The van der Waals surface area contributed by atoms with Gasteiger partial charge in [0.1, 0.15) is 91.6 Å². The molecule has 0 amide bonds. The average Bonchev–Trinajstić information content (AvgIpc) is 3.05. The van der Waals surface area contributed by atoms with E-state index >= 15 is 0 Å². The fraction of sp³-hybridized carbons (Fsp3) is 1.00. The smallest absolute Gasteiger partial charge is 0.187 e. The summed E-state index contributed by atoms with van der Waals surface area (Å²) in [6, 6.07) is 0. The van der Waals surface area contributed by atoms with E-state index in [1.165, 1.54) is 13.8 Å². The fourth-order valence-corrected chi connectivity index (χ4v) is 6.09. The van der Waals surface area contributed by atoms with Crippen molar-refractivity contribution in [1.82, 2.24) is 0 Å². The molecule has 0 bridgehead atoms. The van der Waals surface area contributed by atoms with Gasteiger partial charge in [-0.2, -0.15) is 0 Å². The zero-order valence-corrected chi connectivity index (χ0v) is 25.9. The van der Waals surface area contributed by atoms with E-state index in [0.29, 0.717) is 0 Å². The molecule has 0 unspecified atom stereocenters. The average molecular weight is 707 g/mol. The summed E-state index contributed by atoms with van der Waals surface area (Å²) >= 11 is 0. The number of aliphatic hydroxyl groups is 12. The van der Waals surface area contributed by atoms with E-state index in [4.69, 9.17) is 42.6 Å². The van der Waals surface area contributed by atoms with E-state index in [1.807, 2.05) is 0 Å². The minimum absolute atomic E-state index is 0.402. The molecule has 5 aliphatic heterocycles. The van der Waals surface area contributed by atoms with Crippen molar-refractivity contribution in [2.24, 2.45) is 0 Å². The van der Waals surface area contributed by atoms with Gasteiger partial charge in [-0.3, -0.25) is 0 Å². The first kappa shape index (κ1) is 38.4. The molecular formula is C27H46O21. The van der Waals surface area contributed by atoms with E-state index in [2.05, 4.69) is 0 Å². The van der Waals surface area contributed by atoms with Crippen LogP contribution < -0.4 is 0 Å². The topological polar surface area (TPSA) is 326 Å². The molecule has 0 spiro atoms. The zero-order valence-electron chi connectivity index (χ0n) is 25.9. The largest absolute Gasteiger partial charge is 0.388 e. The van der Waals surface area contributed by atoms with Gasteiger partial charge in [0.2, 0.25) is 0 Å². The molecule has 5 heterocycles. The molecule has 0 saturated carbocycles. The van der Waals surface area contributed by atoms with Crippen molar-refractivity contribution in [1.29, 1.82) is 0 Å². The molecular weight excluding hydrogens is 660 g/mol. The molecule has 48 heavy (non-hydrogen) atoms. The Kier molecular flexibility index (Phi) is 12.6. The van der Waals surface area contributed by atoms with Crippen LogP contribution in [-0.4, -0.2) is 216 Å². The van der Waals surface area contributed by atoms with Gasteiger partial charge in [-0.15, -0.1) is 0 Å². The highest BCUT2D eigenvalue weighted by Crippen LogP contribution is 2.33. The van der Waals surface area contributed by atoms with E-state index in [1.54, 1.807) is 0 Å². The van der Waals surface area contributed by atoms with Crippen molar-refractivity contribution in [2.75, 3.05) is 19.8 Å². The molecule has 5 saturated heterocycles. The van der Waals surface area contributed by atoms with Crippen LogP contribution in [0.3, 0.4) is 0 Å². The molecule has 0 aromatic heterocycles. The molecule has 0 radical (unpaired) electrons. The number of aliphatic hydroxyl groups excluding tert-OH is 12. The highest BCUT2D eigenvalue weighted by molar-refractivity contribution is 4.95. The number of hydrogen-bond acceptors (Lipinski definition) is 21. The molecule has 0 aliphatic carbocycles. The Morgan fingerprint density at radius 3 is 1.50 bits per heavy atom. The predicted molar refractivity (Wildman–Crippen MR) is 146 cm³/mol. The third kappa shape index (κ3) is 7.81. The molecule has 12 N–H and O–H groups in total. The first-order valence-corrected chi connectivity index (χ1v) is 15.5. The van der Waals surface area contributed by atoms with Gasteiger partial charge >= 0.3 is 0 Å². The lowest BCUT2D eigenvalue weighted by Gasteiger charge is -2.48. The number of hydrogen-bond donors (Lipinski definition) is 12. The Bertz CT molecular complexity index is 1030. The van der Waals surface area contributed by atoms with Gasteiger partial charge in [0.25, 0.3) is 0 Å². The van der Waals surface area contributed by atoms with Crippen molar-refractivity contribution < 1.29 is 104 Å². The molecule has 21 heteroatoms. The summed E-state index contributed by atoms with van der Waals surface area (Å²) in [7, 11) is 0. The van der Waals surface area contributed by atoms with Crippen LogP contribution in [-0.2, 0) is 42.6 Å². The number of ether oxygens (including phenoxy) is 9. The van der Waals surface area contributed by atoms with Crippen LogP contribution in [0.4, 0.5) is 0 Å². The lowest BCUT2D eigenvalue weighted by molar-refractivity contribution is -0.386. The van der Waals surface area contributed by atoms with E-state index < -0.39 is 155 Å². The van der Waals surface area contributed by atoms with Gasteiger partial charge in [0.15, 0.2) is 31.5 Å². The summed E-state index contributed by atoms with van der Waals surface area (Å²) in [5.41, 5.74) is 0. The Morgan fingerprint density at radius 2 is 0.833 bits per heavy atom. The van der Waals surface area contributed by atoms with Crippen molar-refractivity contribution in [3.05, 3.63) is 0 Å². The van der Waals surface area contributed by atoms with Crippen LogP contribution >= 0.6 is 0 Å². The number of rotatable bonds is 8. The molecule has 5 fully saturated rings. The first-order valence-electron chi connectivity index (χ1n) is 15.5. The standard InChI is InChI=1S/C27H46O21/c1-6-11(31)13(33)16(36)26(43-6)47-21-10(30)4-40-23(39)22(21)48-27-17(37)14(34)19(7(2)44-27)45-25-18(38)20(9(29)5-42-25)46-24-15(35)12(32)8(28)3-41-24/h6-39H,3-5H2,1-2H3/t6-,7-,8+,9+,10+,11-,12-,13+,14-,15+,16+,17+,18+,19-,20-,21-,22+,23-,24-,25-,26-,27-/m0/s1. The second kappa shape index (κ2) is 15.8. The van der Waals surface area contributed by atoms with E-state index in [9.17, 15) is 61.3 Å². The van der Waals surface area contributed by atoms with Crippen molar-refractivity contribution in [2.45, 2.75) is 149 Å². The maximum Gasteiger partial charge on any atom is 0.187 e. The molecule has 280 valence electrons. The SMILES string of the molecule is C[C@@H]1O[C@@H](O[C@@H]2[C@@H](O[C@@H]3O[C@@H](C)[C@H](O[C@@H]4OC[C@@H](O)[C@H](O[C@@H]5OC[C@@H](O)[C@H](O)[C@H]5O)[C@H]4O)[C@@H](O)[C@H]3O)[C@@H](O)OC[C@H]2O)[C@H](O)[C@H](O)[C@H]1O. The summed E-state index contributed by atoms with van der Waals surface area (Å²) in [6.45, 7) is 1.51. The Morgan fingerprint density at radius 1 is 0.375 bits per heavy atom. The van der Waals surface area contributed by atoms with Gasteiger partial charge in [-0.1, -0.05) is 0 Å². The monoisotopic (exact) mass is 706 g/mol.